The van der Waals surface area contributed by atoms with Gasteiger partial charge < -0.3 is 9.64 Å². The van der Waals surface area contributed by atoms with E-state index in [2.05, 4.69) is 10.5 Å². The maximum atomic E-state index is 11.6. The van der Waals surface area contributed by atoms with E-state index in [4.69, 9.17) is 4.74 Å². The number of carbonyl (C=O) groups excluding carboxylic acids is 1. The summed E-state index contributed by atoms with van der Waals surface area (Å²) in [5.41, 5.74) is 4.28. The maximum absolute atomic E-state index is 11.6. The van der Waals surface area contributed by atoms with Crippen LogP contribution in [-0.2, 0) is 4.79 Å². The monoisotopic (exact) mass is 233 g/mol. The number of carbonyl (C=O) groups is 1. The van der Waals surface area contributed by atoms with Gasteiger partial charge in [-0.15, -0.1) is 0 Å². The number of methoxy groups -OCH3 is 1. The van der Waals surface area contributed by atoms with Gasteiger partial charge >= 0.3 is 0 Å². The molecule has 2 rings (SSSR count). The molecule has 17 heavy (non-hydrogen) atoms. The van der Waals surface area contributed by atoms with E-state index < -0.39 is 0 Å². The number of hydrogen-bond donors (Lipinski definition) is 1. The summed E-state index contributed by atoms with van der Waals surface area (Å²) in [7, 11) is 3.40. The van der Waals surface area contributed by atoms with Crippen molar-refractivity contribution in [2.24, 2.45) is 5.10 Å². The summed E-state index contributed by atoms with van der Waals surface area (Å²) in [6.07, 6.45) is 0.693. The Hall–Kier alpha value is -2.04. The molecule has 1 aromatic rings. The van der Waals surface area contributed by atoms with E-state index in [0.29, 0.717) is 12.1 Å². The molecule has 90 valence electrons. The molecular formula is C12H15N3O2. The van der Waals surface area contributed by atoms with Crippen LogP contribution in [0.5, 0.6) is 5.75 Å². The highest BCUT2D eigenvalue weighted by Gasteiger charge is 2.23. The molecule has 0 saturated carbocycles. The van der Waals surface area contributed by atoms with Crippen LogP contribution >= 0.6 is 0 Å². The van der Waals surface area contributed by atoms with Crippen molar-refractivity contribution in [2.75, 3.05) is 26.1 Å². The first kappa shape index (κ1) is 11.4. The van der Waals surface area contributed by atoms with Gasteiger partial charge in [-0.1, -0.05) is 0 Å². The fourth-order valence-corrected chi connectivity index (χ4v) is 1.60. The largest absolute Gasteiger partial charge is 0.497 e. The van der Waals surface area contributed by atoms with Crippen molar-refractivity contribution >= 4 is 17.3 Å². The molecule has 1 aromatic carbocycles. The Labute approximate surface area is 100 Å². The molecule has 0 atom stereocenters. The van der Waals surface area contributed by atoms with Crippen molar-refractivity contribution in [3.8, 4) is 5.75 Å². The minimum atomic E-state index is -0.00832. The molecule has 0 spiro atoms. The van der Waals surface area contributed by atoms with Gasteiger partial charge in [0.25, 0.3) is 5.91 Å². The summed E-state index contributed by atoms with van der Waals surface area (Å²) in [6, 6.07) is 7.38. The maximum Gasteiger partial charge on any atom is 0.269 e. The lowest BCUT2D eigenvalue weighted by Crippen LogP contribution is -2.23. The Kier molecular flexibility index (Phi) is 3.27. The van der Waals surface area contributed by atoms with Crippen LogP contribution in [0.2, 0.25) is 0 Å². The fraction of sp³-hybridized carbons (Fsp3) is 0.333. The number of ether oxygens (including phenoxy) is 1. The van der Waals surface area contributed by atoms with Crippen LogP contribution in [0.3, 0.4) is 0 Å². The Morgan fingerprint density at radius 2 is 2.06 bits per heavy atom. The second-order valence-corrected chi connectivity index (χ2v) is 3.88. The topological polar surface area (TPSA) is 53.9 Å². The Balaban J connectivity index is 2.02. The average molecular weight is 233 g/mol. The third kappa shape index (κ3) is 2.55. The van der Waals surface area contributed by atoms with E-state index >= 15 is 0 Å². The van der Waals surface area contributed by atoms with Crippen LogP contribution < -0.4 is 10.2 Å². The SMILES string of the molecule is COc1ccc(NN=C2CCN(C)C2=O)cc1. The van der Waals surface area contributed by atoms with Crippen molar-refractivity contribution in [1.29, 1.82) is 0 Å². The van der Waals surface area contributed by atoms with Crippen molar-refractivity contribution in [3.63, 3.8) is 0 Å². The van der Waals surface area contributed by atoms with Crippen molar-refractivity contribution in [2.45, 2.75) is 6.42 Å². The standard InChI is InChI=1S/C12H15N3O2/c1-15-8-7-11(12(15)16)14-13-9-3-5-10(17-2)6-4-9/h3-6,13H,7-8H2,1-2H3. The minimum absolute atomic E-state index is 0.00832. The number of nitrogens with one attached hydrogen (secondary N) is 1. The molecule has 0 aromatic heterocycles. The van der Waals surface area contributed by atoms with Crippen LogP contribution in [0, 0.1) is 0 Å². The lowest BCUT2D eigenvalue weighted by Gasteiger charge is -2.05. The molecule has 0 aliphatic carbocycles. The van der Waals surface area contributed by atoms with Gasteiger partial charge in [-0.25, -0.2) is 0 Å². The third-order valence-corrected chi connectivity index (χ3v) is 2.69. The number of hydrazone groups is 1. The summed E-state index contributed by atoms with van der Waals surface area (Å²) < 4.78 is 5.05. The molecule has 5 heteroatoms. The smallest absolute Gasteiger partial charge is 0.269 e. The van der Waals surface area contributed by atoms with E-state index in [9.17, 15) is 4.79 Å². The first-order chi connectivity index (χ1) is 8.20. The van der Waals surface area contributed by atoms with E-state index in [0.717, 1.165) is 18.0 Å². The quantitative estimate of drug-likeness (QED) is 0.801. The van der Waals surface area contributed by atoms with Gasteiger partial charge in [0, 0.05) is 20.0 Å². The fourth-order valence-electron chi connectivity index (χ4n) is 1.60. The second kappa shape index (κ2) is 4.86. The van der Waals surface area contributed by atoms with Crippen LogP contribution in [0.1, 0.15) is 6.42 Å². The van der Waals surface area contributed by atoms with Crippen LogP contribution in [-0.4, -0.2) is 37.2 Å². The zero-order chi connectivity index (χ0) is 12.3. The highest BCUT2D eigenvalue weighted by molar-refractivity contribution is 6.40. The summed E-state index contributed by atoms with van der Waals surface area (Å²) in [5.74, 6) is 0.783. The third-order valence-electron chi connectivity index (χ3n) is 2.69. The molecule has 1 amide bonds. The number of amides is 1. The highest BCUT2D eigenvalue weighted by Crippen LogP contribution is 2.15. The molecule has 0 radical (unpaired) electrons. The Bertz CT molecular complexity index is 440. The second-order valence-electron chi connectivity index (χ2n) is 3.88. The zero-order valence-corrected chi connectivity index (χ0v) is 9.93. The molecule has 1 fully saturated rings. The van der Waals surface area contributed by atoms with E-state index in [1.165, 1.54) is 0 Å². The molecule has 1 heterocycles. The summed E-state index contributed by atoms with van der Waals surface area (Å²) in [4.78, 5) is 13.2. The number of hydrogen-bond acceptors (Lipinski definition) is 4. The van der Waals surface area contributed by atoms with Gasteiger partial charge in [0.2, 0.25) is 0 Å². The van der Waals surface area contributed by atoms with Gasteiger partial charge in [0.05, 0.1) is 12.8 Å². The number of likely N-dealkylation sites (tertiary alicyclic amines) is 1. The number of benzene rings is 1. The van der Waals surface area contributed by atoms with Crippen molar-refractivity contribution in [1.82, 2.24) is 4.90 Å². The molecule has 0 unspecified atom stereocenters. The van der Waals surface area contributed by atoms with Gasteiger partial charge in [-0.2, -0.15) is 5.10 Å². The summed E-state index contributed by atoms with van der Waals surface area (Å²) >= 11 is 0. The first-order valence-electron chi connectivity index (χ1n) is 5.43. The number of nitrogens with zero attached hydrogens (tertiary/aromatic N) is 2. The molecule has 1 aliphatic heterocycles. The lowest BCUT2D eigenvalue weighted by atomic mass is 10.3. The van der Waals surface area contributed by atoms with E-state index in [-0.39, 0.29) is 5.91 Å². The van der Waals surface area contributed by atoms with Gasteiger partial charge in [-0.3, -0.25) is 10.2 Å². The molecule has 1 N–H and O–H groups in total. The average Bonchev–Trinajstić information content (AvgIpc) is 2.68. The number of anilines is 1. The summed E-state index contributed by atoms with van der Waals surface area (Å²) in [6.45, 7) is 0.738. The normalized spacial score (nSPS) is 17.6. The van der Waals surface area contributed by atoms with E-state index in [1.54, 1.807) is 19.1 Å². The predicted octanol–water partition coefficient (Wildman–Crippen LogP) is 1.33. The Morgan fingerprint density at radius 1 is 1.35 bits per heavy atom. The molecule has 5 nitrogen and oxygen atoms in total. The zero-order valence-electron chi connectivity index (χ0n) is 9.93. The summed E-state index contributed by atoms with van der Waals surface area (Å²) in [5, 5.41) is 4.12. The molecule has 1 saturated heterocycles. The number of rotatable bonds is 3. The first-order valence-corrected chi connectivity index (χ1v) is 5.43. The van der Waals surface area contributed by atoms with Gasteiger partial charge in [-0.05, 0) is 24.3 Å². The molecular weight excluding hydrogens is 218 g/mol. The lowest BCUT2D eigenvalue weighted by molar-refractivity contribution is -0.121. The van der Waals surface area contributed by atoms with Crippen LogP contribution in [0.25, 0.3) is 0 Å². The van der Waals surface area contributed by atoms with Crippen LogP contribution in [0.15, 0.2) is 29.4 Å². The Morgan fingerprint density at radius 3 is 2.59 bits per heavy atom. The minimum Gasteiger partial charge on any atom is -0.497 e. The van der Waals surface area contributed by atoms with Crippen molar-refractivity contribution in [3.05, 3.63) is 24.3 Å². The van der Waals surface area contributed by atoms with Gasteiger partial charge in [0.15, 0.2) is 0 Å². The van der Waals surface area contributed by atoms with E-state index in [1.807, 2.05) is 24.3 Å². The predicted molar refractivity (Wildman–Crippen MR) is 66.3 cm³/mol. The van der Waals surface area contributed by atoms with Crippen molar-refractivity contribution < 1.29 is 9.53 Å². The molecule has 1 aliphatic rings. The van der Waals surface area contributed by atoms with Gasteiger partial charge in [0.1, 0.15) is 11.5 Å². The molecule has 0 bridgehead atoms. The van der Waals surface area contributed by atoms with Crippen LogP contribution in [0.4, 0.5) is 5.69 Å². The highest BCUT2D eigenvalue weighted by atomic mass is 16.5.